The summed E-state index contributed by atoms with van der Waals surface area (Å²) in [6.45, 7) is 2.85. The van der Waals surface area contributed by atoms with Crippen molar-refractivity contribution < 1.29 is 4.79 Å². The molecule has 31 heavy (non-hydrogen) atoms. The maximum atomic E-state index is 12.7. The Morgan fingerprint density at radius 3 is 2.87 bits per heavy atom. The zero-order valence-electron chi connectivity index (χ0n) is 17.7. The van der Waals surface area contributed by atoms with Crippen LogP contribution in [0.4, 0.5) is 0 Å². The van der Waals surface area contributed by atoms with E-state index in [1.807, 2.05) is 42.6 Å². The predicted molar refractivity (Wildman–Crippen MR) is 121 cm³/mol. The minimum Gasteiger partial charge on any atom is -0.342 e. The van der Waals surface area contributed by atoms with Crippen LogP contribution in [0.2, 0.25) is 0 Å². The van der Waals surface area contributed by atoms with Gasteiger partial charge in [-0.15, -0.1) is 0 Å². The lowest BCUT2D eigenvalue weighted by Crippen LogP contribution is -2.22. The Bertz CT molecular complexity index is 1220. The molecule has 3 aromatic rings. The number of carbonyl (C=O) groups is 1. The van der Waals surface area contributed by atoms with Gasteiger partial charge in [0, 0.05) is 35.1 Å². The first-order chi connectivity index (χ1) is 15.1. The second kappa shape index (κ2) is 7.70. The lowest BCUT2D eigenvalue weighted by atomic mass is 9.90. The number of hydrogen-bond acceptors (Lipinski definition) is 3. The number of nitrogens with one attached hydrogen (secondary N) is 1. The molecule has 0 spiro atoms. The van der Waals surface area contributed by atoms with E-state index in [0.29, 0.717) is 18.0 Å². The zero-order chi connectivity index (χ0) is 21.4. The van der Waals surface area contributed by atoms with Crippen molar-refractivity contribution in [2.45, 2.75) is 39.2 Å². The highest BCUT2D eigenvalue weighted by atomic mass is 16.2. The fourth-order valence-corrected chi connectivity index (χ4v) is 5.55. The van der Waals surface area contributed by atoms with Crippen molar-refractivity contribution in [3.63, 3.8) is 0 Å². The van der Waals surface area contributed by atoms with Gasteiger partial charge in [-0.2, -0.15) is 10.4 Å². The van der Waals surface area contributed by atoms with Gasteiger partial charge in [0.2, 0.25) is 5.91 Å². The van der Waals surface area contributed by atoms with Crippen molar-refractivity contribution in [3.8, 4) is 6.07 Å². The van der Waals surface area contributed by atoms with E-state index in [-0.39, 0.29) is 17.2 Å². The van der Waals surface area contributed by atoms with E-state index in [1.165, 1.54) is 12.8 Å². The van der Waals surface area contributed by atoms with Crippen LogP contribution in [0.5, 0.6) is 0 Å². The van der Waals surface area contributed by atoms with Crippen molar-refractivity contribution in [3.05, 3.63) is 71.4 Å². The number of nitriles is 1. The Hall–Kier alpha value is -3.39. The van der Waals surface area contributed by atoms with E-state index >= 15 is 0 Å². The van der Waals surface area contributed by atoms with Crippen LogP contribution in [0.25, 0.3) is 10.9 Å². The quantitative estimate of drug-likeness (QED) is 0.483. The number of carbonyl (C=O) groups excluding carboxylic acids is 1. The SMILES string of the molecule is CC12CCCCC1C2C(=O)NN=Cc1cn(Cc2ccccc2C#N)c2ccccc12. The molecule has 0 radical (unpaired) electrons. The summed E-state index contributed by atoms with van der Waals surface area (Å²) in [7, 11) is 0. The van der Waals surface area contributed by atoms with Crippen LogP contribution in [-0.4, -0.2) is 16.7 Å². The number of hydrogen-bond donors (Lipinski definition) is 1. The van der Waals surface area contributed by atoms with Gasteiger partial charge in [0.1, 0.15) is 0 Å². The second-order valence-corrected chi connectivity index (χ2v) is 9.07. The van der Waals surface area contributed by atoms with Gasteiger partial charge in [0.05, 0.1) is 17.8 Å². The second-order valence-electron chi connectivity index (χ2n) is 9.07. The molecular formula is C26H26N4O. The van der Waals surface area contributed by atoms with Gasteiger partial charge in [-0.25, -0.2) is 5.43 Å². The number of amides is 1. The zero-order valence-corrected chi connectivity index (χ0v) is 17.7. The number of para-hydroxylation sites is 1. The molecule has 1 N–H and O–H groups in total. The van der Waals surface area contributed by atoms with Crippen LogP contribution in [-0.2, 0) is 11.3 Å². The number of aromatic nitrogens is 1. The van der Waals surface area contributed by atoms with Crippen LogP contribution in [0.15, 0.2) is 59.8 Å². The summed E-state index contributed by atoms with van der Waals surface area (Å²) in [6, 6.07) is 18.1. The van der Waals surface area contributed by atoms with Gasteiger partial charge in [-0.05, 0) is 41.9 Å². The lowest BCUT2D eigenvalue weighted by Gasteiger charge is -2.15. The summed E-state index contributed by atoms with van der Waals surface area (Å²) < 4.78 is 2.13. The highest BCUT2D eigenvalue weighted by molar-refractivity contribution is 5.99. The summed E-state index contributed by atoms with van der Waals surface area (Å²) in [4.78, 5) is 12.7. The van der Waals surface area contributed by atoms with E-state index in [9.17, 15) is 10.1 Å². The number of nitrogens with zero attached hydrogens (tertiary/aromatic N) is 3. The van der Waals surface area contributed by atoms with Crippen LogP contribution in [0.3, 0.4) is 0 Å². The molecule has 5 nitrogen and oxygen atoms in total. The Labute approximate surface area is 182 Å². The monoisotopic (exact) mass is 410 g/mol. The number of benzene rings is 2. The van der Waals surface area contributed by atoms with E-state index in [1.54, 1.807) is 6.21 Å². The van der Waals surface area contributed by atoms with E-state index < -0.39 is 0 Å². The van der Waals surface area contributed by atoms with Crippen molar-refractivity contribution in [1.29, 1.82) is 5.26 Å². The Morgan fingerprint density at radius 2 is 2.06 bits per heavy atom. The van der Waals surface area contributed by atoms with Crippen LogP contribution in [0.1, 0.15) is 49.3 Å². The molecule has 3 atom stereocenters. The normalized spacial score (nSPS) is 24.6. The molecule has 0 aliphatic heterocycles. The molecular weight excluding hydrogens is 384 g/mol. The molecule has 1 aromatic heterocycles. The van der Waals surface area contributed by atoms with Gasteiger partial charge in [-0.3, -0.25) is 4.79 Å². The average molecular weight is 411 g/mol. The first-order valence-corrected chi connectivity index (χ1v) is 11.0. The van der Waals surface area contributed by atoms with E-state index in [4.69, 9.17) is 0 Å². The third-order valence-electron chi connectivity index (χ3n) is 7.29. The van der Waals surface area contributed by atoms with Gasteiger partial charge in [-0.1, -0.05) is 56.2 Å². The highest BCUT2D eigenvalue weighted by Gasteiger charge is 2.64. The first kappa shape index (κ1) is 19.6. The van der Waals surface area contributed by atoms with Crippen molar-refractivity contribution in [2.75, 3.05) is 0 Å². The number of fused-ring (bicyclic) bond motifs is 2. The molecule has 0 bridgehead atoms. The van der Waals surface area contributed by atoms with E-state index in [2.05, 4.69) is 40.2 Å². The maximum absolute atomic E-state index is 12.7. The summed E-state index contributed by atoms with van der Waals surface area (Å²) in [5.41, 5.74) is 6.66. The fraction of sp³-hybridized carbons (Fsp3) is 0.346. The topological polar surface area (TPSA) is 70.2 Å². The largest absolute Gasteiger partial charge is 0.342 e. The minimum absolute atomic E-state index is 0.0531. The van der Waals surface area contributed by atoms with Crippen LogP contribution >= 0.6 is 0 Å². The third-order valence-corrected chi connectivity index (χ3v) is 7.29. The Kier molecular flexibility index (Phi) is 4.86. The highest BCUT2D eigenvalue weighted by Crippen LogP contribution is 2.66. The fourth-order valence-electron chi connectivity index (χ4n) is 5.55. The third kappa shape index (κ3) is 3.42. The van der Waals surface area contributed by atoms with Gasteiger partial charge < -0.3 is 4.57 Å². The molecule has 5 rings (SSSR count). The predicted octanol–water partition coefficient (Wildman–Crippen LogP) is 4.84. The molecule has 2 aliphatic carbocycles. The summed E-state index contributed by atoms with van der Waals surface area (Å²) >= 11 is 0. The van der Waals surface area contributed by atoms with E-state index in [0.717, 1.165) is 34.9 Å². The van der Waals surface area contributed by atoms with Gasteiger partial charge >= 0.3 is 0 Å². The van der Waals surface area contributed by atoms with Gasteiger partial charge in [0.25, 0.3) is 0 Å². The molecule has 1 heterocycles. The first-order valence-electron chi connectivity index (χ1n) is 11.0. The van der Waals surface area contributed by atoms with Crippen LogP contribution in [0, 0.1) is 28.6 Å². The Morgan fingerprint density at radius 1 is 1.26 bits per heavy atom. The van der Waals surface area contributed by atoms with Crippen LogP contribution < -0.4 is 5.43 Å². The summed E-state index contributed by atoms with van der Waals surface area (Å²) in [5.74, 6) is 0.687. The lowest BCUT2D eigenvalue weighted by molar-refractivity contribution is -0.123. The van der Waals surface area contributed by atoms with Crippen molar-refractivity contribution >= 4 is 23.0 Å². The molecule has 156 valence electrons. The van der Waals surface area contributed by atoms with Gasteiger partial charge in [0.15, 0.2) is 0 Å². The van der Waals surface area contributed by atoms with Crippen molar-refractivity contribution in [1.82, 2.24) is 9.99 Å². The summed E-state index contributed by atoms with van der Waals surface area (Å²) in [6.07, 6.45) is 8.55. The Balaban J connectivity index is 1.36. The smallest absolute Gasteiger partial charge is 0.244 e. The molecule has 5 heteroatoms. The molecule has 2 aromatic carbocycles. The molecule has 2 saturated carbocycles. The number of hydrazone groups is 1. The molecule has 2 fully saturated rings. The summed E-state index contributed by atoms with van der Waals surface area (Å²) in [5, 5.41) is 14.8. The maximum Gasteiger partial charge on any atom is 0.244 e. The minimum atomic E-state index is 0.0531. The molecule has 0 saturated heterocycles. The molecule has 2 aliphatic rings. The average Bonchev–Trinajstić information content (AvgIpc) is 3.29. The van der Waals surface area contributed by atoms with Crippen molar-refractivity contribution in [2.24, 2.45) is 22.4 Å². The molecule has 3 unspecified atom stereocenters. The molecule has 1 amide bonds. The number of rotatable bonds is 5. The standard InChI is InChI=1S/C26H26N4O/c1-26-13-7-6-11-22(26)24(26)25(31)29-28-15-20-17-30(23-12-5-4-10-21(20)23)16-19-9-3-2-8-18(19)14-27/h2-5,8-10,12,15,17,22,24H,6-7,11,13,16H2,1H3,(H,29,31).